The van der Waals surface area contributed by atoms with Crippen molar-refractivity contribution in [3.63, 3.8) is 0 Å². The van der Waals surface area contributed by atoms with E-state index in [9.17, 15) is 4.79 Å². The molecule has 2 aliphatic rings. The maximum absolute atomic E-state index is 10.9. The molecule has 0 aromatic heterocycles. The molecular formula is C27H36O2. The van der Waals surface area contributed by atoms with Crippen molar-refractivity contribution >= 4 is 11.5 Å². The van der Waals surface area contributed by atoms with Gasteiger partial charge in [0.25, 0.3) is 0 Å². The Morgan fingerprint density at radius 3 is 2.66 bits per heavy atom. The van der Waals surface area contributed by atoms with E-state index < -0.39 is 5.97 Å². The van der Waals surface area contributed by atoms with Crippen LogP contribution in [-0.4, -0.2) is 11.1 Å². The van der Waals surface area contributed by atoms with Crippen molar-refractivity contribution in [1.29, 1.82) is 0 Å². The monoisotopic (exact) mass is 392 g/mol. The van der Waals surface area contributed by atoms with Gasteiger partial charge in [-0.15, -0.1) is 0 Å². The van der Waals surface area contributed by atoms with E-state index in [4.69, 9.17) is 5.11 Å². The molecule has 0 saturated heterocycles. The fraction of sp³-hybridized carbons (Fsp3) is 0.519. The van der Waals surface area contributed by atoms with Gasteiger partial charge >= 0.3 is 5.97 Å². The van der Waals surface area contributed by atoms with Crippen LogP contribution < -0.4 is 0 Å². The van der Waals surface area contributed by atoms with Gasteiger partial charge in [-0.1, -0.05) is 77.5 Å². The number of carbonyl (C=O) groups is 1. The highest BCUT2D eigenvalue weighted by Gasteiger charge is 2.53. The van der Waals surface area contributed by atoms with E-state index in [2.05, 4.69) is 65.0 Å². The summed E-state index contributed by atoms with van der Waals surface area (Å²) in [6.07, 6.45) is 12.5. The lowest BCUT2D eigenvalue weighted by Crippen LogP contribution is -2.23. The Morgan fingerprint density at radius 1 is 1.31 bits per heavy atom. The molecule has 0 heterocycles. The lowest BCUT2D eigenvalue weighted by molar-refractivity contribution is -0.131. The number of hydrogen-bond acceptors (Lipinski definition) is 1. The summed E-state index contributed by atoms with van der Waals surface area (Å²) in [5.41, 5.74) is 7.05. The van der Waals surface area contributed by atoms with E-state index in [1.54, 1.807) is 0 Å². The molecule has 1 aromatic rings. The number of carboxylic acids is 1. The molecule has 2 unspecified atom stereocenters. The minimum atomic E-state index is -0.881. The molecule has 0 aliphatic heterocycles. The first-order valence-corrected chi connectivity index (χ1v) is 11.1. The summed E-state index contributed by atoms with van der Waals surface area (Å²) >= 11 is 0. The van der Waals surface area contributed by atoms with Crippen LogP contribution in [0.4, 0.5) is 0 Å². The molecule has 0 bridgehead atoms. The molecule has 1 aromatic carbocycles. The molecule has 1 N–H and O–H groups in total. The van der Waals surface area contributed by atoms with Crippen molar-refractivity contribution in [3.8, 4) is 0 Å². The van der Waals surface area contributed by atoms with Gasteiger partial charge in [-0.05, 0) is 71.3 Å². The normalized spacial score (nSPS) is 25.8. The number of fused-ring (bicyclic) bond motifs is 1. The summed E-state index contributed by atoms with van der Waals surface area (Å²) in [4.78, 5) is 10.9. The summed E-state index contributed by atoms with van der Waals surface area (Å²) in [5.74, 6) is 0.134. The average Bonchev–Trinajstić information content (AvgIpc) is 3.33. The van der Waals surface area contributed by atoms with E-state index in [1.807, 2.05) is 13.0 Å². The highest BCUT2D eigenvalue weighted by molar-refractivity contribution is 5.81. The van der Waals surface area contributed by atoms with Gasteiger partial charge in [0.15, 0.2) is 0 Å². The minimum absolute atomic E-state index is 0.186. The second-order valence-electron chi connectivity index (χ2n) is 9.97. The Bertz CT molecular complexity index is 882. The zero-order valence-corrected chi connectivity index (χ0v) is 18.9. The molecule has 2 aliphatic carbocycles. The second-order valence-corrected chi connectivity index (χ2v) is 9.97. The lowest BCUT2D eigenvalue weighted by Gasteiger charge is -2.34. The Morgan fingerprint density at radius 2 is 2.03 bits per heavy atom. The summed E-state index contributed by atoms with van der Waals surface area (Å²) in [6.45, 7) is 13.4. The molecular weight excluding hydrogens is 356 g/mol. The number of rotatable bonds is 7. The van der Waals surface area contributed by atoms with Gasteiger partial charge in [0, 0.05) is 11.5 Å². The van der Waals surface area contributed by atoms with Gasteiger partial charge in [-0.3, -0.25) is 0 Å². The van der Waals surface area contributed by atoms with Gasteiger partial charge in [0.2, 0.25) is 0 Å². The maximum Gasteiger partial charge on any atom is 0.328 e. The summed E-state index contributed by atoms with van der Waals surface area (Å²) < 4.78 is 0. The van der Waals surface area contributed by atoms with Gasteiger partial charge in [0.05, 0.1) is 0 Å². The predicted molar refractivity (Wildman–Crippen MR) is 122 cm³/mol. The Labute approximate surface area is 176 Å². The quantitative estimate of drug-likeness (QED) is 0.398. The van der Waals surface area contributed by atoms with Crippen molar-refractivity contribution < 1.29 is 9.90 Å². The third kappa shape index (κ3) is 4.27. The second kappa shape index (κ2) is 7.97. The van der Waals surface area contributed by atoms with Crippen LogP contribution in [0.2, 0.25) is 0 Å². The number of hydrogen-bond donors (Lipinski definition) is 1. The van der Waals surface area contributed by atoms with Gasteiger partial charge < -0.3 is 5.11 Å². The topological polar surface area (TPSA) is 37.3 Å². The summed E-state index contributed by atoms with van der Waals surface area (Å²) in [7, 11) is 0. The standard InChI is InChI=1S/C27H36O2/c1-7-13-27(17-21(27)9-8-19(4)15-25(28)29)20-10-11-24-23(16-20)22(18(2)3)12-14-26(24,5)6/h8-12,15-16,18,21H,7,13-14,17H2,1-6H3,(H,28,29). The highest BCUT2D eigenvalue weighted by atomic mass is 16.4. The van der Waals surface area contributed by atoms with Crippen LogP contribution in [0.25, 0.3) is 5.57 Å². The van der Waals surface area contributed by atoms with E-state index in [0.29, 0.717) is 11.8 Å². The van der Waals surface area contributed by atoms with Crippen molar-refractivity contribution in [2.45, 2.75) is 78.1 Å². The van der Waals surface area contributed by atoms with Crippen LogP contribution >= 0.6 is 0 Å². The Kier molecular flexibility index (Phi) is 5.94. The van der Waals surface area contributed by atoms with Crippen LogP contribution in [0.15, 0.2) is 48.1 Å². The van der Waals surface area contributed by atoms with Crippen molar-refractivity contribution in [2.24, 2.45) is 11.8 Å². The van der Waals surface area contributed by atoms with Crippen LogP contribution in [0.5, 0.6) is 0 Å². The van der Waals surface area contributed by atoms with E-state index in [1.165, 1.54) is 34.8 Å². The van der Waals surface area contributed by atoms with E-state index in [-0.39, 0.29) is 10.8 Å². The number of allylic oxidation sites excluding steroid dienone is 5. The average molecular weight is 393 g/mol. The Balaban J connectivity index is 1.97. The third-order valence-electron chi connectivity index (χ3n) is 6.86. The molecule has 0 spiro atoms. The maximum atomic E-state index is 10.9. The third-order valence-corrected chi connectivity index (χ3v) is 6.86. The smallest absolute Gasteiger partial charge is 0.328 e. The molecule has 2 atom stereocenters. The highest BCUT2D eigenvalue weighted by Crippen LogP contribution is 2.59. The summed E-state index contributed by atoms with van der Waals surface area (Å²) in [6, 6.07) is 7.23. The number of benzene rings is 1. The Hall–Kier alpha value is -2.09. The first-order chi connectivity index (χ1) is 13.6. The van der Waals surface area contributed by atoms with Crippen molar-refractivity contribution in [1.82, 2.24) is 0 Å². The molecule has 156 valence electrons. The van der Waals surface area contributed by atoms with Crippen molar-refractivity contribution in [3.05, 3.63) is 64.8 Å². The minimum Gasteiger partial charge on any atom is -0.478 e. The molecule has 0 amide bonds. The van der Waals surface area contributed by atoms with Crippen LogP contribution in [0.3, 0.4) is 0 Å². The molecule has 3 rings (SSSR count). The molecule has 29 heavy (non-hydrogen) atoms. The van der Waals surface area contributed by atoms with Crippen LogP contribution in [-0.2, 0) is 15.6 Å². The van der Waals surface area contributed by atoms with Crippen molar-refractivity contribution in [2.75, 3.05) is 0 Å². The van der Waals surface area contributed by atoms with Gasteiger partial charge in [0.1, 0.15) is 0 Å². The zero-order valence-electron chi connectivity index (χ0n) is 18.9. The fourth-order valence-electron chi connectivity index (χ4n) is 5.12. The number of carboxylic acid groups (broad SMARTS) is 1. The first kappa shape index (κ1) is 21.6. The molecule has 2 heteroatoms. The molecule has 1 fully saturated rings. The predicted octanol–water partition coefficient (Wildman–Crippen LogP) is 7.05. The lowest BCUT2D eigenvalue weighted by atomic mass is 9.70. The molecule has 2 nitrogen and oxygen atoms in total. The molecule has 0 radical (unpaired) electrons. The largest absolute Gasteiger partial charge is 0.478 e. The van der Waals surface area contributed by atoms with Gasteiger partial charge in [-0.2, -0.15) is 0 Å². The van der Waals surface area contributed by atoms with Crippen LogP contribution in [0.1, 0.15) is 83.9 Å². The van der Waals surface area contributed by atoms with Crippen LogP contribution in [0, 0.1) is 11.8 Å². The summed E-state index contributed by atoms with van der Waals surface area (Å²) in [5, 5.41) is 8.94. The van der Waals surface area contributed by atoms with E-state index in [0.717, 1.165) is 24.8 Å². The van der Waals surface area contributed by atoms with E-state index >= 15 is 0 Å². The first-order valence-electron chi connectivity index (χ1n) is 11.1. The fourth-order valence-corrected chi connectivity index (χ4v) is 5.12. The zero-order chi connectivity index (χ0) is 21.4. The molecule has 1 saturated carbocycles. The SMILES string of the molecule is CCCC1(c2ccc3c(c2)C(C(C)C)=CCC3(C)C)CC1C=CC(C)=CC(=O)O. The number of aliphatic carboxylic acids is 1. The van der Waals surface area contributed by atoms with Gasteiger partial charge in [-0.25, -0.2) is 4.79 Å².